The summed E-state index contributed by atoms with van der Waals surface area (Å²) in [5.74, 6) is 1.50. The molecule has 0 fully saturated rings. The molecule has 0 saturated heterocycles. The standard InChI is InChI=1S/C18H19N3O2/c1-13-3-7-15(8-4-13)17-19-20-18(22)21(17)12-11-14-5-9-16(23-2)10-6-14/h3-10H,11-12H2,1-2H3,(H,20,22). The third-order valence-electron chi connectivity index (χ3n) is 3.85. The summed E-state index contributed by atoms with van der Waals surface area (Å²) in [4.78, 5) is 12.0. The Morgan fingerprint density at radius 2 is 1.78 bits per heavy atom. The van der Waals surface area contributed by atoms with E-state index in [1.807, 2.05) is 55.5 Å². The number of rotatable bonds is 5. The van der Waals surface area contributed by atoms with Gasteiger partial charge in [-0.1, -0.05) is 42.0 Å². The monoisotopic (exact) mass is 309 g/mol. The quantitative estimate of drug-likeness (QED) is 0.788. The Bertz CT molecular complexity index is 830. The second-order valence-corrected chi connectivity index (χ2v) is 5.47. The Kier molecular flexibility index (Phi) is 4.28. The van der Waals surface area contributed by atoms with Crippen molar-refractivity contribution in [1.82, 2.24) is 14.8 Å². The van der Waals surface area contributed by atoms with Gasteiger partial charge in [-0.25, -0.2) is 9.89 Å². The number of aryl methyl sites for hydroxylation is 2. The maximum Gasteiger partial charge on any atom is 0.343 e. The normalized spacial score (nSPS) is 10.7. The van der Waals surface area contributed by atoms with Crippen LogP contribution >= 0.6 is 0 Å². The lowest BCUT2D eigenvalue weighted by atomic mass is 10.1. The Labute approximate surface area is 134 Å². The Morgan fingerprint density at radius 3 is 2.43 bits per heavy atom. The maximum atomic E-state index is 12.0. The molecule has 5 nitrogen and oxygen atoms in total. The Balaban J connectivity index is 1.81. The number of hydrogen-bond donors (Lipinski definition) is 1. The average molecular weight is 309 g/mol. The number of methoxy groups -OCH3 is 1. The molecule has 118 valence electrons. The van der Waals surface area contributed by atoms with E-state index < -0.39 is 0 Å². The molecule has 0 spiro atoms. The highest BCUT2D eigenvalue weighted by Gasteiger charge is 2.10. The molecule has 0 bridgehead atoms. The van der Waals surface area contributed by atoms with Crippen LogP contribution < -0.4 is 10.4 Å². The third-order valence-corrected chi connectivity index (χ3v) is 3.85. The van der Waals surface area contributed by atoms with Crippen molar-refractivity contribution >= 4 is 0 Å². The van der Waals surface area contributed by atoms with E-state index >= 15 is 0 Å². The van der Waals surface area contributed by atoms with Gasteiger partial charge >= 0.3 is 5.69 Å². The molecule has 0 radical (unpaired) electrons. The van der Waals surface area contributed by atoms with Crippen molar-refractivity contribution in [3.8, 4) is 17.1 Å². The topological polar surface area (TPSA) is 59.9 Å². The van der Waals surface area contributed by atoms with Gasteiger partial charge in [-0.3, -0.25) is 4.57 Å². The molecule has 3 aromatic rings. The van der Waals surface area contributed by atoms with Crippen molar-refractivity contribution in [3.63, 3.8) is 0 Å². The fourth-order valence-corrected chi connectivity index (χ4v) is 2.48. The summed E-state index contributed by atoms with van der Waals surface area (Å²) < 4.78 is 6.83. The van der Waals surface area contributed by atoms with E-state index in [4.69, 9.17) is 4.74 Å². The lowest BCUT2D eigenvalue weighted by Crippen LogP contribution is -2.19. The first kappa shape index (κ1) is 15.1. The van der Waals surface area contributed by atoms with Crippen LogP contribution in [0.15, 0.2) is 53.3 Å². The lowest BCUT2D eigenvalue weighted by molar-refractivity contribution is 0.414. The number of benzene rings is 2. The average Bonchev–Trinajstić information content (AvgIpc) is 2.95. The molecule has 2 aromatic carbocycles. The van der Waals surface area contributed by atoms with Gasteiger partial charge in [0.2, 0.25) is 0 Å². The number of aromatic amines is 1. The molecule has 0 amide bonds. The predicted octanol–water partition coefficient (Wildman–Crippen LogP) is 2.80. The van der Waals surface area contributed by atoms with E-state index in [1.165, 1.54) is 5.56 Å². The summed E-state index contributed by atoms with van der Waals surface area (Å²) >= 11 is 0. The molecule has 0 aliphatic carbocycles. The first-order valence-electron chi connectivity index (χ1n) is 7.52. The maximum absolute atomic E-state index is 12.0. The highest BCUT2D eigenvalue weighted by Crippen LogP contribution is 2.17. The second kappa shape index (κ2) is 6.52. The van der Waals surface area contributed by atoms with Crippen molar-refractivity contribution in [2.24, 2.45) is 0 Å². The molecule has 1 aromatic heterocycles. The van der Waals surface area contributed by atoms with Gasteiger partial charge in [-0.05, 0) is 31.0 Å². The van der Waals surface area contributed by atoms with Crippen molar-refractivity contribution in [1.29, 1.82) is 0 Å². The van der Waals surface area contributed by atoms with Crippen molar-refractivity contribution in [2.45, 2.75) is 19.9 Å². The summed E-state index contributed by atoms with van der Waals surface area (Å²) in [6, 6.07) is 15.9. The summed E-state index contributed by atoms with van der Waals surface area (Å²) in [6.45, 7) is 2.61. The van der Waals surface area contributed by atoms with Crippen molar-refractivity contribution in [2.75, 3.05) is 7.11 Å². The minimum atomic E-state index is -0.186. The number of ether oxygens (including phenoxy) is 1. The van der Waals surface area contributed by atoms with Gasteiger partial charge in [0.05, 0.1) is 7.11 Å². The Morgan fingerprint density at radius 1 is 1.09 bits per heavy atom. The van der Waals surface area contributed by atoms with E-state index in [2.05, 4.69) is 10.2 Å². The summed E-state index contributed by atoms with van der Waals surface area (Å²) in [5.41, 5.74) is 3.07. The number of nitrogens with one attached hydrogen (secondary N) is 1. The zero-order valence-electron chi connectivity index (χ0n) is 13.2. The largest absolute Gasteiger partial charge is 0.497 e. The second-order valence-electron chi connectivity index (χ2n) is 5.47. The molecule has 0 aliphatic heterocycles. The minimum Gasteiger partial charge on any atom is -0.497 e. The van der Waals surface area contributed by atoms with Crippen LogP contribution in [0.4, 0.5) is 0 Å². The third kappa shape index (κ3) is 3.34. The van der Waals surface area contributed by atoms with Crippen LogP contribution in [0.25, 0.3) is 11.4 Å². The van der Waals surface area contributed by atoms with Gasteiger partial charge in [0, 0.05) is 12.1 Å². The van der Waals surface area contributed by atoms with Crippen molar-refractivity contribution < 1.29 is 4.74 Å². The molecule has 0 saturated carbocycles. The number of nitrogens with zero attached hydrogens (tertiary/aromatic N) is 2. The van der Waals surface area contributed by atoms with E-state index in [0.717, 1.165) is 23.3 Å². The van der Waals surface area contributed by atoms with Gasteiger partial charge in [0.25, 0.3) is 0 Å². The van der Waals surface area contributed by atoms with E-state index in [1.54, 1.807) is 11.7 Å². The SMILES string of the molecule is COc1ccc(CCn2c(-c3ccc(C)cc3)n[nH]c2=O)cc1. The highest BCUT2D eigenvalue weighted by atomic mass is 16.5. The molecule has 5 heteroatoms. The molecule has 3 rings (SSSR count). The van der Waals surface area contributed by atoms with E-state index in [0.29, 0.717) is 12.4 Å². The zero-order chi connectivity index (χ0) is 16.2. The van der Waals surface area contributed by atoms with Crippen LogP contribution in [0.3, 0.4) is 0 Å². The van der Waals surface area contributed by atoms with Gasteiger partial charge in [0.1, 0.15) is 5.75 Å². The summed E-state index contributed by atoms with van der Waals surface area (Å²) in [5, 5.41) is 6.70. The molecular weight excluding hydrogens is 290 g/mol. The van der Waals surface area contributed by atoms with Gasteiger partial charge in [-0.2, -0.15) is 5.10 Å². The van der Waals surface area contributed by atoms with Crippen LogP contribution in [0.5, 0.6) is 5.75 Å². The van der Waals surface area contributed by atoms with Gasteiger partial charge in [0.15, 0.2) is 5.82 Å². The first-order chi connectivity index (χ1) is 11.2. The van der Waals surface area contributed by atoms with Crippen LogP contribution in [-0.2, 0) is 13.0 Å². The summed E-state index contributed by atoms with van der Waals surface area (Å²) in [6.07, 6.45) is 0.752. The molecular formula is C18H19N3O2. The Hall–Kier alpha value is -2.82. The van der Waals surface area contributed by atoms with E-state index in [-0.39, 0.29) is 5.69 Å². The number of aromatic nitrogens is 3. The molecule has 0 unspecified atom stereocenters. The van der Waals surface area contributed by atoms with Crippen LogP contribution in [0, 0.1) is 6.92 Å². The number of hydrogen-bond acceptors (Lipinski definition) is 3. The summed E-state index contributed by atoms with van der Waals surface area (Å²) in [7, 11) is 1.65. The molecule has 1 heterocycles. The predicted molar refractivity (Wildman–Crippen MR) is 89.7 cm³/mol. The first-order valence-corrected chi connectivity index (χ1v) is 7.52. The van der Waals surface area contributed by atoms with Crippen molar-refractivity contribution in [3.05, 3.63) is 70.1 Å². The highest BCUT2D eigenvalue weighted by molar-refractivity contribution is 5.55. The van der Waals surface area contributed by atoms with Crippen LogP contribution in [0.2, 0.25) is 0 Å². The zero-order valence-corrected chi connectivity index (χ0v) is 13.2. The minimum absolute atomic E-state index is 0.186. The van der Waals surface area contributed by atoms with Gasteiger partial charge in [-0.15, -0.1) is 0 Å². The smallest absolute Gasteiger partial charge is 0.343 e. The molecule has 0 atom stereocenters. The lowest BCUT2D eigenvalue weighted by Gasteiger charge is -2.07. The molecule has 1 N–H and O–H groups in total. The van der Waals surface area contributed by atoms with Crippen LogP contribution in [0.1, 0.15) is 11.1 Å². The van der Waals surface area contributed by atoms with Gasteiger partial charge < -0.3 is 4.74 Å². The molecule has 23 heavy (non-hydrogen) atoms. The van der Waals surface area contributed by atoms with Crippen LogP contribution in [-0.4, -0.2) is 21.9 Å². The van der Waals surface area contributed by atoms with E-state index in [9.17, 15) is 4.79 Å². The molecule has 0 aliphatic rings. The number of H-pyrrole nitrogens is 1. The fraction of sp³-hybridized carbons (Fsp3) is 0.222. The fourth-order valence-electron chi connectivity index (χ4n) is 2.48.